The van der Waals surface area contributed by atoms with Crippen LogP contribution < -0.4 is 0 Å². The van der Waals surface area contributed by atoms with E-state index in [4.69, 9.17) is 9.47 Å². The second kappa shape index (κ2) is 3.54. The molecule has 0 amide bonds. The van der Waals surface area contributed by atoms with Crippen molar-refractivity contribution in [2.24, 2.45) is 0 Å². The second-order valence-electron chi connectivity index (χ2n) is 3.38. The van der Waals surface area contributed by atoms with Crippen LogP contribution in [0.4, 0.5) is 0 Å². The Labute approximate surface area is 73.0 Å². The van der Waals surface area contributed by atoms with Crippen LogP contribution in [0.3, 0.4) is 0 Å². The zero-order valence-electron chi connectivity index (χ0n) is 7.92. The van der Waals surface area contributed by atoms with Crippen LogP contribution in [0.15, 0.2) is 0 Å². The highest BCUT2D eigenvalue weighted by Gasteiger charge is 2.44. The highest BCUT2D eigenvalue weighted by Crippen LogP contribution is 2.32. The fraction of sp³-hybridized carbons (Fsp3) is 0.889. The minimum atomic E-state index is -0.396. The van der Waals surface area contributed by atoms with Crippen molar-refractivity contribution in [3.63, 3.8) is 0 Å². The summed E-state index contributed by atoms with van der Waals surface area (Å²) in [6, 6.07) is 0. The summed E-state index contributed by atoms with van der Waals surface area (Å²) in [6.07, 6.45) is 0.923. The average Bonchev–Trinajstić information content (AvgIpc) is 2.29. The first-order chi connectivity index (χ1) is 5.62. The van der Waals surface area contributed by atoms with Crippen molar-refractivity contribution in [1.29, 1.82) is 0 Å². The van der Waals surface area contributed by atoms with Gasteiger partial charge in [-0.25, -0.2) is 0 Å². The Hall–Kier alpha value is -0.410. The molecule has 1 saturated carbocycles. The van der Waals surface area contributed by atoms with E-state index in [1.165, 1.54) is 0 Å². The molecule has 0 radical (unpaired) electrons. The van der Waals surface area contributed by atoms with Gasteiger partial charge < -0.3 is 9.47 Å². The highest BCUT2D eigenvalue weighted by molar-refractivity contribution is 5.83. The molecule has 0 aromatic rings. The van der Waals surface area contributed by atoms with Crippen molar-refractivity contribution in [2.75, 3.05) is 13.7 Å². The van der Waals surface area contributed by atoms with Crippen LogP contribution in [0.5, 0.6) is 0 Å². The summed E-state index contributed by atoms with van der Waals surface area (Å²) in [5, 5.41) is 0. The largest absolute Gasteiger partial charge is 0.375 e. The van der Waals surface area contributed by atoms with Gasteiger partial charge in [-0.3, -0.25) is 4.79 Å². The maximum Gasteiger partial charge on any atom is 0.138 e. The fourth-order valence-corrected chi connectivity index (χ4v) is 1.64. The van der Waals surface area contributed by atoms with Gasteiger partial charge in [0, 0.05) is 26.6 Å². The SMILES string of the molecule is CCO[C@H]1CC(=O)C[C@]1(C)OC. The summed E-state index contributed by atoms with van der Waals surface area (Å²) in [4.78, 5) is 11.1. The molecule has 1 aliphatic rings. The summed E-state index contributed by atoms with van der Waals surface area (Å²) >= 11 is 0. The highest BCUT2D eigenvalue weighted by atomic mass is 16.5. The topological polar surface area (TPSA) is 35.5 Å². The number of carbonyl (C=O) groups is 1. The van der Waals surface area contributed by atoms with Gasteiger partial charge >= 0.3 is 0 Å². The summed E-state index contributed by atoms with van der Waals surface area (Å²) in [6.45, 7) is 4.49. The lowest BCUT2D eigenvalue weighted by molar-refractivity contribution is -0.119. The lowest BCUT2D eigenvalue weighted by Crippen LogP contribution is -2.38. The molecule has 0 saturated heterocycles. The molecule has 0 aromatic heterocycles. The lowest BCUT2D eigenvalue weighted by Gasteiger charge is -2.28. The molecule has 1 rings (SSSR count). The third-order valence-corrected chi connectivity index (χ3v) is 2.48. The van der Waals surface area contributed by atoms with Crippen LogP contribution in [0.1, 0.15) is 26.7 Å². The number of hydrogen-bond acceptors (Lipinski definition) is 3. The van der Waals surface area contributed by atoms with Crippen molar-refractivity contribution in [3.8, 4) is 0 Å². The van der Waals surface area contributed by atoms with Gasteiger partial charge in [-0.2, -0.15) is 0 Å². The first-order valence-electron chi connectivity index (χ1n) is 4.31. The number of ether oxygens (including phenoxy) is 2. The molecule has 1 aliphatic carbocycles. The molecule has 0 bridgehead atoms. The molecule has 2 atom stereocenters. The minimum Gasteiger partial charge on any atom is -0.375 e. The van der Waals surface area contributed by atoms with Gasteiger partial charge in [-0.1, -0.05) is 0 Å². The number of rotatable bonds is 3. The molecule has 70 valence electrons. The lowest BCUT2D eigenvalue weighted by atomic mass is 10.0. The van der Waals surface area contributed by atoms with Crippen molar-refractivity contribution in [3.05, 3.63) is 0 Å². The molecular formula is C9H16O3. The van der Waals surface area contributed by atoms with E-state index in [0.717, 1.165) is 0 Å². The van der Waals surface area contributed by atoms with Gasteiger partial charge in [0.05, 0.1) is 11.7 Å². The first-order valence-corrected chi connectivity index (χ1v) is 4.31. The molecule has 12 heavy (non-hydrogen) atoms. The van der Waals surface area contributed by atoms with Crippen molar-refractivity contribution in [1.82, 2.24) is 0 Å². The molecule has 3 nitrogen and oxygen atoms in total. The summed E-state index contributed by atoms with van der Waals surface area (Å²) < 4.78 is 10.7. The van der Waals surface area contributed by atoms with Crippen LogP contribution in [-0.4, -0.2) is 31.2 Å². The third kappa shape index (κ3) is 1.67. The Bertz CT molecular complexity index is 179. The molecule has 0 N–H and O–H groups in total. The molecule has 0 aliphatic heterocycles. The van der Waals surface area contributed by atoms with E-state index in [9.17, 15) is 4.79 Å². The molecule has 0 heterocycles. The quantitative estimate of drug-likeness (QED) is 0.640. The van der Waals surface area contributed by atoms with Crippen LogP contribution in [0, 0.1) is 0 Å². The van der Waals surface area contributed by atoms with Gasteiger partial charge in [-0.15, -0.1) is 0 Å². The minimum absolute atomic E-state index is 0.0556. The van der Waals surface area contributed by atoms with Gasteiger partial charge in [-0.05, 0) is 13.8 Å². The van der Waals surface area contributed by atoms with Gasteiger partial charge in [0.2, 0.25) is 0 Å². The zero-order valence-corrected chi connectivity index (χ0v) is 7.92. The maximum atomic E-state index is 11.1. The molecule has 3 heteroatoms. The summed E-state index contributed by atoms with van der Waals surface area (Å²) in [5.74, 6) is 0.234. The van der Waals surface area contributed by atoms with E-state index in [2.05, 4.69) is 0 Å². The van der Waals surface area contributed by atoms with Crippen LogP contribution in [-0.2, 0) is 14.3 Å². The molecule has 1 fully saturated rings. The second-order valence-corrected chi connectivity index (χ2v) is 3.38. The fourth-order valence-electron chi connectivity index (χ4n) is 1.64. The monoisotopic (exact) mass is 172 g/mol. The predicted octanol–water partition coefficient (Wildman–Crippen LogP) is 1.16. The van der Waals surface area contributed by atoms with E-state index in [1.54, 1.807) is 7.11 Å². The van der Waals surface area contributed by atoms with Crippen molar-refractivity contribution in [2.45, 2.75) is 38.4 Å². The molecule has 0 spiro atoms. The van der Waals surface area contributed by atoms with Crippen LogP contribution in [0.2, 0.25) is 0 Å². The van der Waals surface area contributed by atoms with Crippen LogP contribution >= 0.6 is 0 Å². The van der Waals surface area contributed by atoms with Crippen LogP contribution in [0.25, 0.3) is 0 Å². The Balaban J connectivity index is 2.65. The number of ketones is 1. The van der Waals surface area contributed by atoms with E-state index in [0.29, 0.717) is 19.4 Å². The maximum absolute atomic E-state index is 11.1. The van der Waals surface area contributed by atoms with Crippen molar-refractivity contribution < 1.29 is 14.3 Å². The van der Waals surface area contributed by atoms with E-state index in [1.807, 2.05) is 13.8 Å². The van der Waals surface area contributed by atoms with Gasteiger partial charge in [0.1, 0.15) is 5.78 Å². The number of Topliss-reactive ketones (excluding diaryl/α,β-unsaturated/α-hetero) is 1. The Morgan fingerprint density at radius 1 is 1.67 bits per heavy atom. The first kappa shape index (κ1) is 9.68. The molecule has 0 unspecified atom stereocenters. The standard InChI is InChI=1S/C9H16O3/c1-4-12-8-5-7(10)6-9(8,2)11-3/h8H,4-6H2,1-3H3/t8-,9-/m0/s1. The van der Waals surface area contributed by atoms with Crippen molar-refractivity contribution >= 4 is 5.78 Å². The van der Waals surface area contributed by atoms with E-state index in [-0.39, 0.29) is 11.9 Å². The van der Waals surface area contributed by atoms with E-state index >= 15 is 0 Å². The van der Waals surface area contributed by atoms with Gasteiger partial charge in [0.25, 0.3) is 0 Å². The Morgan fingerprint density at radius 3 is 2.83 bits per heavy atom. The Morgan fingerprint density at radius 2 is 2.33 bits per heavy atom. The van der Waals surface area contributed by atoms with Gasteiger partial charge in [0.15, 0.2) is 0 Å². The molecular weight excluding hydrogens is 156 g/mol. The number of carbonyl (C=O) groups excluding carboxylic acids is 1. The Kier molecular flexibility index (Phi) is 2.85. The van der Waals surface area contributed by atoms with E-state index < -0.39 is 5.60 Å². The summed E-state index contributed by atoms with van der Waals surface area (Å²) in [7, 11) is 1.63. The normalized spacial score (nSPS) is 35.9. The zero-order chi connectivity index (χ0) is 9.19. The third-order valence-electron chi connectivity index (χ3n) is 2.48. The number of hydrogen-bond donors (Lipinski definition) is 0. The smallest absolute Gasteiger partial charge is 0.138 e. The predicted molar refractivity (Wildman–Crippen MR) is 45.1 cm³/mol. The molecule has 0 aromatic carbocycles. The average molecular weight is 172 g/mol. The summed E-state index contributed by atoms with van der Waals surface area (Å²) in [5.41, 5.74) is -0.396. The number of methoxy groups -OCH3 is 1.